The zero-order valence-corrected chi connectivity index (χ0v) is 20.1. The van der Waals surface area contributed by atoms with Crippen molar-refractivity contribution in [3.8, 4) is 28.2 Å². The van der Waals surface area contributed by atoms with Crippen LogP contribution < -0.4 is 0 Å². The molecule has 1 radical (unpaired) electrons. The van der Waals surface area contributed by atoms with Crippen molar-refractivity contribution in [3.05, 3.63) is 89.2 Å². The van der Waals surface area contributed by atoms with Crippen LogP contribution in [0.1, 0.15) is 16.1 Å². The Hall–Kier alpha value is -2.59. The summed E-state index contributed by atoms with van der Waals surface area (Å²) in [5, 5.41) is 1.07. The summed E-state index contributed by atoms with van der Waals surface area (Å²) >= 11 is 1.69. The van der Waals surface area contributed by atoms with Gasteiger partial charge in [0.2, 0.25) is 0 Å². The summed E-state index contributed by atoms with van der Waals surface area (Å²) in [7, 11) is 0. The van der Waals surface area contributed by atoms with E-state index in [0.29, 0.717) is 0 Å². The van der Waals surface area contributed by atoms with Gasteiger partial charge >= 0.3 is 0 Å². The molecule has 0 amide bonds. The SMILES string of the molecule is Cc1nc2cc(-c3nccn3-c3c(C)cc(-c4ccccc4)cc3C)[c-]cc2s1.[Ir]. The second kappa shape index (κ2) is 8.27. The number of thiazole rings is 1. The van der Waals surface area contributed by atoms with E-state index in [0.717, 1.165) is 26.6 Å². The second-order valence-corrected chi connectivity index (χ2v) is 8.51. The molecule has 0 saturated carbocycles. The van der Waals surface area contributed by atoms with E-state index < -0.39 is 0 Å². The quantitative estimate of drug-likeness (QED) is 0.225. The van der Waals surface area contributed by atoms with Gasteiger partial charge in [0, 0.05) is 38.2 Å². The maximum atomic E-state index is 4.65. The van der Waals surface area contributed by atoms with Gasteiger partial charge < -0.3 is 4.57 Å². The third-order valence-electron chi connectivity index (χ3n) is 5.15. The number of nitrogens with zero attached hydrogens (tertiary/aromatic N) is 3. The smallest absolute Gasteiger partial charge is 0.0796 e. The van der Waals surface area contributed by atoms with Crippen molar-refractivity contribution < 1.29 is 20.1 Å². The average Bonchev–Trinajstić information content (AvgIpc) is 3.33. The Kier molecular flexibility index (Phi) is 5.70. The number of imidazole rings is 1. The Labute approximate surface area is 193 Å². The van der Waals surface area contributed by atoms with Crippen molar-refractivity contribution in [2.45, 2.75) is 20.8 Å². The summed E-state index contributed by atoms with van der Waals surface area (Å²) in [5.74, 6) is 0.885. The van der Waals surface area contributed by atoms with E-state index in [-0.39, 0.29) is 20.1 Å². The Morgan fingerprint density at radius 3 is 2.40 bits per heavy atom. The van der Waals surface area contributed by atoms with Gasteiger partial charge in [0.15, 0.2) is 0 Å². The van der Waals surface area contributed by atoms with Crippen molar-refractivity contribution in [2.75, 3.05) is 0 Å². The van der Waals surface area contributed by atoms with E-state index >= 15 is 0 Å². The van der Waals surface area contributed by atoms with E-state index in [9.17, 15) is 0 Å². The molecule has 0 atom stereocenters. The third kappa shape index (κ3) is 3.65. The summed E-state index contributed by atoms with van der Waals surface area (Å²) in [6, 6.07) is 22.5. The maximum absolute atomic E-state index is 4.65. The van der Waals surface area contributed by atoms with Crippen LogP contribution in [0.15, 0.2) is 67.0 Å². The Morgan fingerprint density at radius 2 is 1.67 bits per heavy atom. The van der Waals surface area contributed by atoms with Crippen molar-refractivity contribution in [3.63, 3.8) is 0 Å². The van der Waals surface area contributed by atoms with Gasteiger partial charge in [0.05, 0.1) is 10.8 Å². The molecular formula is C25H20IrN3S-. The molecule has 0 bridgehead atoms. The summed E-state index contributed by atoms with van der Waals surface area (Å²) in [5.41, 5.74) is 8.02. The normalized spacial score (nSPS) is 10.9. The minimum absolute atomic E-state index is 0. The summed E-state index contributed by atoms with van der Waals surface area (Å²) in [4.78, 5) is 9.27. The molecule has 0 aliphatic carbocycles. The number of hydrogen-bond acceptors (Lipinski definition) is 3. The molecular weight excluding hydrogens is 567 g/mol. The summed E-state index contributed by atoms with van der Waals surface area (Å²) in [6.45, 7) is 6.36. The number of hydrogen-bond donors (Lipinski definition) is 0. The number of benzene rings is 3. The Balaban J connectivity index is 0.00000218. The fraction of sp³-hybridized carbons (Fsp3) is 0.120. The molecule has 0 fully saturated rings. The molecule has 3 aromatic carbocycles. The van der Waals surface area contributed by atoms with Crippen LogP contribution in [0.2, 0.25) is 0 Å². The van der Waals surface area contributed by atoms with Crippen LogP contribution in [0, 0.1) is 26.8 Å². The van der Waals surface area contributed by atoms with Gasteiger partial charge in [-0.25, -0.2) is 0 Å². The van der Waals surface area contributed by atoms with Crippen molar-refractivity contribution in [2.24, 2.45) is 0 Å². The standard InChI is InChI=1S/C25H20N3S.Ir/c1-16-13-21(19-7-5-4-6-8-19)14-17(2)24(16)28-12-11-26-25(28)20-9-10-23-22(15-20)27-18(3)29-23;/h4-8,10-15H,1-3H3;/q-1;. The third-order valence-corrected chi connectivity index (χ3v) is 6.08. The van der Waals surface area contributed by atoms with Crippen LogP contribution in [0.5, 0.6) is 0 Å². The van der Waals surface area contributed by atoms with E-state index in [1.54, 1.807) is 11.3 Å². The minimum atomic E-state index is 0. The van der Waals surface area contributed by atoms with Crippen molar-refractivity contribution >= 4 is 21.6 Å². The first-order chi connectivity index (χ1) is 14.1. The molecule has 0 spiro atoms. The number of rotatable bonds is 3. The fourth-order valence-electron chi connectivity index (χ4n) is 3.93. The van der Waals surface area contributed by atoms with E-state index in [4.69, 9.17) is 0 Å². The first-order valence-electron chi connectivity index (χ1n) is 9.60. The molecule has 2 heterocycles. The molecule has 5 rings (SSSR count). The molecule has 30 heavy (non-hydrogen) atoms. The molecule has 5 aromatic rings. The molecule has 0 unspecified atom stereocenters. The zero-order valence-electron chi connectivity index (χ0n) is 16.9. The van der Waals surface area contributed by atoms with Crippen LogP contribution in [-0.2, 0) is 20.1 Å². The largest absolute Gasteiger partial charge is 0.340 e. The van der Waals surface area contributed by atoms with Gasteiger partial charge in [-0.05, 0) is 65.4 Å². The van der Waals surface area contributed by atoms with Crippen LogP contribution in [0.25, 0.3) is 38.4 Å². The molecule has 0 saturated heterocycles. The number of aromatic nitrogens is 3. The average molecular weight is 587 g/mol. The van der Waals surface area contributed by atoms with E-state index in [2.05, 4.69) is 76.9 Å². The topological polar surface area (TPSA) is 30.7 Å². The predicted molar refractivity (Wildman–Crippen MR) is 121 cm³/mol. The Morgan fingerprint density at radius 1 is 0.933 bits per heavy atom. The monoisotopic (exact) mass is 587 g/mol. The first-order valence-corrected chi connectivity index (χ1v) is 10.4. The summed E-state index contributed by atoms with van der Waals surface area (Å²) < 4.78 is 3.32. The van der Waals surface area contributed by atoms with Gasteiger partial charge in [0.1, 0.15) is 0 Å². The predicted octanol–water partition coefficient (Wildman–Crippen LogP) is 6.54. The van der Waals surface area contributed by atoms with E-state index in [1.165, 1.54) is 27.9 Å². The van der Waals surface area contributed by atoms with Gasteiger partial charge in [0.25, 0.3) is 0 Å². The molecule has 3 nitrogen and oxygen atoms in total. The van der Waals surface area contributed by atoms with E-state index in [1.807, 2.05) is 31.5 Å². The molecule has 151 valence electrons. The van der Waals surface area contributed by atoms with Crippen molar-refractivity contribution in [1.82, 2.24) is 14.5 Å². The van der Waals surface area contributed by atoms with Gasteiger partial charge in [-0.1, -0.05) is 30.3 Å². The maximum Gasteiger partial charge on any atom is 0.0796 e. The van der Waals surface area contributed by atoms with Gasteiger partial charge in [-0.2, -0.15) is 11.3 Å². The zero-order chi connectivity index (χ0) is 20.0. The van der Waals surface area contributed by atoms with Crippen LogP contribution in [0.3, 0.4) is 0 Å². The second-order valence-electron chi connectivity index (χ2n) is 7.27. The molecule has 0 aliphatic heterocycles. The fourth-order valence-corrected chi connectivity index (χ4v) is 4.72. The number of aryl methyl sites for hydroxylation is 3. The molecule has 0 N–H and O–H groups in total. The van der Waals surface area contributed by atoms with Crippen LogP contribution >= 0.6 is 11.3 Å². The summed E-state index contributed by atoms with van der Waals surface area (Å²) in [6.07, 6.45) is 3.88. The van der Waals surface area contributed by atoms with Crippen LogP contribution in [0.4, 0.5) is 0 Å². The number of fused-ring (bicyclic) bond motifs is 1. The van der Waals surface area contributed by atoms with Gasteiger partial charge in [-0.15, -0.1) is 23.8 Å². The Bertz CT molecular complexity index is 1310. The molecule has 0 aliphatic rings. The molecule has 5 heteroatoms. The van der Waals surface area contributed by atoms with Crippen LogP contribution in [-0.4, -0.2) is 14.5 Å². The first kappa shape index (κ1) is 20.7. The van der Waals surface area contributed by atoms with Crippen molar-refractivity contribution in [1.29, 1.82) is 0 Å². The molecule has 2 aromatic heterocycles. The van der Waals surface area contributed by atoms with Gasteiger partial charge in [-0.3, -0.25) is 9.97 Å². The minimum Gasteiger partial charge on any atom is -0.340 e.